The van der Waals surface area contributed by atoms with Crippen molar-refractivity contribution in [2.24, 2.45) is 0 Å². The number of hydrogen-bond donors (Lipinski definition) is 0. The van der Waals surface area contributed by atoms with E-state index in [-0.39, 0.29) is 5.78 Å². The summed E-state index contributed by atoms with van der Waals surface area (Å²) < 4.78 is 1.90. The topological polar surface area (TPSA) is 34.9 Å². The van der Waals surface area contributed by atoms with Gasteiger partial charge in [0.05, 0.1) is 17.4 Å². The molecule has 0 fully saturated rings. The van der Waals surface area contributed by atoms with Crippen LogP contribution >= 0.6 is 0 Å². The average molecular weight is 250 g/mol. The van der Waals surface area contributed by atoms with Crippen molar-refractivity contribution >= 4 is 16.7 Å². The van der Waals surface area contributed by atoms with Crippen molar-refractivity contribution in [2.45, 2.75) is 13.8 Å². The van der Waals surface area contributed by atoms with Crippen LogP contribution in [0.3, 0.4) is 0 Å². The number of aryl methyl sites for hydroxylation is 1. The second-order valence-electron chi connectivity index (χ2n) is 4.73. The number of carbonyl (C=O) groups excluding carboxylic acids is 1. The van der Waals surface area contributed by atoms with Crippen LogP contribution in [0.1, 0.15) is 22.8 Å². The SMILES string of the molecule is CC(=O)c1ccc2c(cnn2-c2cccc(C)c2)c1. The summed E-state index contributed by atoms with van der Waals surface area (Å²) in [6, 6.07) is 13.9. The maximum absolute atomic E-state index is 11.4. The van der Waals surface area contributed by atoms with Gasteiger partial charge in [0.15, 0.2) is 5.78 Å². The Labute approximate surface area is 111 Å². The number of fused-ring (bicyclic) bond motifs is 1. The zero-order valence-corrected chi connectivity index (χ0v) is 10.9. The lowest BCUT2D eigenvalue weighted by Crippen LogP contribution is -1.96. The van der Waals surface area contributed by atoms with Crippen LogP contribution in [0.5, 0.6) is 0 Å². The van der Waals surface area contributed by atoms with Gasteiger partial charge >= 0.3 is 0 Å². The molecule has 0 aliphatic heterocycles. The molecule has 0 unspecified atom stereocenters. The molecule has 3 heteroatoms. The van der Waals surface area contributed by atoms with E-state index < -0.39 is 0 Å². The summed E-state index contributed by atoms with van der Waals surface area (Å²) in [7, 11) is 0. The van der Waals surface area contributed by atoms with Crippen LogP contribution in [0.4, 0.5) is 0 Å². The molecule has 1 heterocycles. The molecule has 0 saturated heterocycles. The Morgan fingerprint density at radius 2 is 2.00 bits per heavy atom. The maximum atomic E-state index is 11.4. The van der Waals surface area contributed by atoms with E-state index in [1.165, 1.54) is 5.56 Å². The van der Waals surface area contributed by atoms with E-state index in [4.69, 9.17) is 0 Å². The van der Waals surface area contributed by atoms with E-state index in [0.717, 1.165) is 22.2 Å². The number of Topliss-reactive ketones (excluding diaryl/α,β-unsaturated/α-hetero) is 1. The zero-order chi connectivity index (χ0) is 13.4. The summed E-state index contributed by atoms with van der Waals surface area (Å²) in [6.07, 6.45) is 1.80. The van der Waals surface area contributed by atoms with Gasteiger partial charge in [-0.2, -0.15) is 5.10 Å². The van der Waals surface area contributed by atoms with Crippen molar-refractivity contribution in [3.63, 3.8) is 0 Å². The number of rotatable bonds is 2. The lowest BCUT2D eigenvalue weighted by atomic mass is 10.1. The molecule has 3 nitrogen and oxygen atoms in total. The summed E-state index contributed by atoms with van der Waals surface area (Å²) in [4.78, 5) is 11.4. The molecule has 0 amide bonds. The lowest BCUT2D eigenvalue weighted by molar-refractivity contribution is 0.101. The van der Waals surface area contributed by atoms with Gasteiger partial charge in [0.25, 0.3) is 0 Å². The van der Waals surface area contributed by atoms with Gasteiger partial charge in [0.1, 0.15) is 0 Å². The highest BCUT2D eigenvalue weighted by Crippen LogP contribution is 2.20. The minimum atomic E-state index is 0.0743. The lowest BCUT2D eigenvalue weighted by Gasteiger charge is -2.04. The molecule has 1 aromatic heterocycles. The maximum Gasteiger partial charge on any atom is 0.159 e. The molecule has 0 spiro atoms. The van der Waals surface area contributed by atoms with Crippen LogP contribution in [0.2, 0.25) is 0 Å². The predicted molar refractivity (Wildman–Crippen MR) is 75.8 cm³/mol. The summed E-state index contributed by atoms with van der Waals surface area (Å²) in [6.45, 7) is 3.63. The first-order valence-electron chi connectivity index (χ1n) is 6.21. The van der Waals surface area contributed by atoms with Gasteiger partial charge in [-0.3, -0.25) is 4.79 Å². The molecule has 0 saturated carbocycles. The molecular weight excluding hydrogens is 236 g/mol. The van der Waals surface area contributed by atoms with Crippen molar-refractivity contribution in [1.29, 1.82) is 0 Å². The van der Waals surface area contributed by atoms with Gasteiger partial charge in [-0.25, -0.2) is 4.68 Å². The Kier molecular flexibility index (Phi) is 2.67. The van der Waals surface area contributed by atoms with Crippen LogP contribution < -0.4 is 0 Å². The van der Waals surface area contributed by atoms with Crippen molar-refractivity contribution in [3.05, 3.63) is 59.8 Å². The van der Waals surface area contributed by atoms with Crippen LogP contribution in [-0.4, -0.2) is 15.6 Å². The predicted octanol–water partition coefficient (Wildman–Crippen LogP) is 3.54. The highest BCUT2D eigenvalue weighted by atomic mass is 16.1. The summed E-state index contributed by atoms with van der Waals surface area (Å²) >= 11 is 0. The van der Waals surface area contributed by atoms with Gasteiger partial charge < -0.3 is 0 Å². The summed E-state index contributed by atoms with van der Waals surface area (Å²) in [5.74, 6) is 0.0743. The standard InChI is InChI=1S/C16H14N2O/c1-11-4-3-5-15(8-11)18-16-7-6-13(12(2)19)9-14(16)10-17-18/h3-10H,1-2H3. The number of carbonyl (C=O) groups is 1. The van der Waals surface area contributed by atoms with Gasteiger partial charge in [-0.1, -0.05) is 12.1 Å². The first kappa shape index (κ1) is 11.7. The van der Waals surface area contributed by atoms with Gasteiger partial charge in [0.2, 0.25) is 0 Å². The number of nitrogens with zero attached hydrogens (tertiary/aromatic N) is 2. The molecule has 0 aliphatic rings. The largest absolute Gasteiger partial charge is 0.295 e. The third-order valence-corrected chi connectivity index (χ3v) is 3.22. The molecule has 0 N–H and O–H groups in total. The van der Waals surface area contributed by atoms with Crippen molar-refractivity contribution < 1.29 is 4.79 Å². The van der Waals surface area contributed by atoms with Gasteiger partial charge in [0, 0.05) is 10.9 Å². The molecule has 19 heavy (non-hydrogen) atoms. The number of aromatic nitrogens is 2. The Bertz CT molecular complexity index is 771. The first-order valence-corrected chi connectivity index (χ1v) is 6.21. The van der Waals surface area contributed by atoms with Crippen molar-refractivity contribution in [2.75, 3.05) is 0 Å². The van der Waals surface area contributed by atoms with Crippen LogP contribution in [0.25, 0.3) is 16.6 Å². The minimum absolute atomic E-state index is 0.0743. The highest BCUT2D eigenvalue weighted by molar-refractivity contribution is 5.98. The Hall–Kier alpha value is -2.42. The second-order valence-corrected chi connectivity index (χ2v) is 4.73. The molecule has 94 valence electrons. The summed E-state index contributed by atoms with van der Waals surface area (Å²) in [5, 5.41) is 5.39. The molecule has 0 radical (unpaired) electrons. The monoisotopic (exact) mass is 250 g/mol. The third-order valence-electron chi connectivity index (χ3n) is 3.22. The van der Waals surface area contributed by atoms with E-state index in [1.807, 2.05) is 35.0 Å². The van der Waals surface area contributed by atoms with Gasteiger partial charge in [-0.15, -0.1) is 0 Å². The fourth-order valence-corrected chi connectivity index (χ4v) is 2.22. The highest BCUT2D eigenvalue weighted by Gasteiger charge is 2.07. The van der Waals surface area contributed by atoms with E-state index in [2.05, 4.69) is 24.2 Å². The summed E-state index contributed by atoms with van der Waals surface area (Å²) in [5.41, 5.74) is 3.96. The molecule has 0 bridgehead atoms. The zero-order valence-electron chi connectivity index (χ0n) is 10.9. The second kappa shape index (κ2) is 4.35. The minimum Gasteiger partial charge on any atom is -0.295 e. The normalized spacial score (nSPS) is 10.8. The van der Waals surface area contributed by atoms with Crippen LogP contribution in [-0.2, 0) is 0 Å². The Balaban J connectivity index is 2.18. The third kappa shape index (κ3) is 2.03. The van der Waals surface area contributed by atoms with Crippen LogP contribution in [0.15, 0.2) is 48.7 Å². The van der Waals surface area contributed by atoms with E-state index in [9.17, 15) is 4.79 Å². The Morgan fingerprint density at radius 3 is 2.74 bits per heavy atom. The average Bonchev–Trinajstić information content (AvgIpc) is 2.81. The molecule has 0 aliphatic carbocycles. The number of hydrogen-bond acceptors (Lipinski definition) is 2. The van der Waals surface area contributed by atoms with E-state index in [1.54, 1.807) is 13.1 Å². The first-order chi connectivity index (χ1) is 9.15. The molecule has 3 rings (SSSR count). The fourth-order valence-electron chi connectivity index (χ4n) is 2.22. The Morgan fingerprint density at radius 1 is 1.16 bits per heavy atom. The molecule has 3 aromatic rings. The van der Waals surface area contributed by atoms with Crippen molar-refractivity contribution in [3.8, 4) is 5.69 Å². The van der Waals surface area contributed by atoms with E-state index in [0.29, 0.717) is 0 Å². The van der Waals surface area contributed by atoms with Gasteiger partial charge in [-0.05, 0) is 49.7 Å². The number of benzene rings is 2. The fraction of sp³-hybridized carbons (Fsp3) is 0.125. The van der Waals surface area contributed by atoms with E-state index >= 15 is 0 Å². The smallest absolute Gasteiger partial charge is 0.159 e. The van der Waals surface area contributed by atoms with Crippen LogP contribution in [0, 0.1) is 6.92 Å². The van der Waals surface area contributed by atoms with Crippen molar-refractivity contribution in [1.82, 2.24) is 9.78 Å². The number of ketones is 1. The quantitative estimate of drug-likeness (QED) is 0.652. The molecular formula is C16H14N2O. The molecule has 0 atom stereocenters. The molecule has 2 aromatic carbocycles.